The van der Waals surface area contributed by atoms with E-state index < -0.39 is 23.9 Å². The molecule has 0 spiro atoms. The van der Waals surface area contributed by atoms with Gasteiger partial charge in [-0.05, 0) is 6.92 Å². The smallest absolute Gasteiger partial charge is 0.429 e. The van der Waals surface area contributed by atoms with Crippen molar-refractivity contribution in [2.75, 3.05) is 0 Å². The van der Waals surface area contributed by atoms with Crippen LogP contribution >= 0.6 is 0 Å². The first-order valence-electron chi connectivity index (χ1n) is 2.88. The van der Waals surface area contributed by atoms with Gasteiger partial charge in [-0.3, -0.25) is 14.5 Å². The number of hydrogen-bond acceptors (Lipinski definition) is 5. The molecule has 0 aliphatic rings. The van der Waals surface area contributed by atoms with Gasteiger partial charge in [-0.25, -0.2) is 4.79 Å². The topological polar surface area (TPSA) is 113 Å². The summed E-state index contributed by atoms with van der Waals surface area (Å²) in [4.78, 5) is 33.8. The number of carbonyl (C=O) groups is 3. The Hall–Kier alpha value is -1.63. The van der Waals surface area contributed by atoms with E-state index in [-0.39, 0.29) is 0 Å². The van der Waals surface area contributed by atoms with Gasteiger partial charge in [0.25, 0.3) is 0 Å². The average Bonchev–Trinajstić information content (AvgIpc) is 2.02. The molecule has 7 nitrogen and oxygen atoms in total. The van der Waals surface area contributed by atoms with E-state index in [9.17, 15) is 14.4 Å². The molecule has 0 fully saturated rings. The highest BCUT2D eigenvalue weighted by molar-refractivity contribution is 6.32. The van der Waals surface area contributed by atoms with Crippen LogP contribution in [0.3, 0.4) is 0 Å². The molecule has 0 saturated carbocycles. The van der Waals surface area contributed by atoms with Crippen molar-refractivity contribution in [2.24, 2.45) is 0 Å². The summed E-state index contributed by atoms with van der Waals surface area (Å²) in [5.74, 6) is -4.16. The molecule has 7 heteroatoms. The summed E-state index contributed by atoms with van der Waals surface area (Å²) >= 11 is 0. The summed E-state index contributed by atoms with van der Waals surface area (Å²) < 4.78 is 0. The summed E-state index contributed by atoms with van der Waals surface area (Å²) in [6, 6.07) is -1.21. The van der Waals surface area contributed by atoms with Crippen LogP contribution < -0.4 is 5.32 Å². The zero-order valence-corrected chi connectivity index (χ0v) is 6.10. The lowest BCUT2D eigenvalue weighted by atomic mass is 10.3. The van der Waals surface area contributed by atoms with E-state index >= 15 is 0 Å². The minimum atomic E-state index is -1.55. The molecule has 0 aromatic heterocycles. The van der Waals surface area contributed by atoms with Crippen LogP contribution in [-0.4, -0.2) is 34.3 Å². The molecule has 0 aliphatic heterocycles. The highest BCUT2D eigenvalue weighted by Crippen LogP contribution is 1.82. The Balaban J connectivity index is 4.01. The van der Waals surface area contributed by atoms with Crippen LogP contribution in [-0.2, 0) is 19.3 Å². The lowest BCUT2D eigenvalue weighted by Gasteiger charge is -2.05. The van der Waals surface area contributed by atoms with Crippen LogP contribution in [0.15, 0.2) is 0 Å². The summed E-state index contributed by atoms with van der Waals surface area (Å²) in [6.07, 6.45) is 0. The maximum absolute atomic E-state index is 10.5. The third kappa shape index (κ3) is 2.97. The number of aliphatic carboxylic acids is 1. The van der Waals surface area contributed by atoms with Crippen molar-refractivity contribution in [1.82, 2.24) is 5.32 Å². The second-order valence-corrected chi connectivity index (χ2v) is 1.91. The number of carbonyl (C=O) groups excluding carboxylic acids is 2. The predicted octanol–water partition coefficient (Wildman–Crippen LogP) is -1.41. The van der Waals surface area contributed by atoms with Crippen LogP contribution in [0.4, 0.5) is 0 Å². The highest BCUT2D eigenvalue weighted by atomic mass is 17.1. The van der Waals surface area contributed by atoms with E-state index in [2.05, 4.69) is 4.89 Å². The van der Waals surface area contributed by atoms with Crippen molar-refractivity contribution >= 4 is 17.8 Å². The van der Waals surface area contributed by atoms with Crippen LogP contribution in [0.5, 0.6) is 0 Å². The molecule has 1 amide bonds. The van der Waals surface area contributed by atoms with E-state index in [1.165, 1.54) is 0 Å². The molecule has 3 N–H and O–H groups in total. The van der Waals surface area contributed by atoms with Gasteiger partial charge in [0.15, 0.2) is 0 Å². The molecule has 0 aliphatic carbocycles. The molecular formula is C5H7NO6. The van der Waals surface area contributed by atoms with E-state index in [1.54, 1.807) is 5.32 Å². The summed E-state index contributed by atoms with van der Waals surface area (Å²) in [5.41, 5.74) is 0. The zero-order valence-electron chi connectivity index (χ0n) is 6.10. The number of carboxylic acids is 1. The third-order valence-corrected chi connectivity index (χ3v) is 0.986. The second kappa shape index (κ2) is 4.29. The maximum atomic E-state index is 10.5. The number of rotatable bonds is 2. The van der Waals surface area contributed by atoms with Crippen LogP contribution in [0.25, 0.3) is 0 Å². The van der Waals surface area contributed by atoms with Crippen LogP contribution in [0.1, 0.15) is 6.92 Å². The number of nitrogens with one attached hydrogen (secondary N) is 1. The molecule has 0 radical (unpaired) electrons. The molecule has 0 heterocycles. The van der Waals surface area contributed by atoms with Crippen molar-refractivity contribution in [1.29, 1.82) is 0 Å². The molecule has 68 valence electrons. The SMILES string of the molecule is C[C@H](NC(=O)C(=O)OO)C(=O)O. The highest BCUT2D eigenvalue weighted by Gasteiger charge is 2.20. The average molecular weight is 177 g/mol. The van der Waals surface area contributed by atoms with Gasteiger partial charge in [-0.2, -0.15) is 5.26 Å². The van der Waals surface area contributed by atoms with Crippen molar-refractivity contribution in [3.8, 4) is 0 Å². The fourth-order valence-corrected chi connectivity index (χ4v) is 0.359. The van der Waals surface area contributed by atoms with Gasteiger partial charge in [0.1, 0.15) is 6.04 Å². The summed E-state index contributed by atoms with van der Waals surface area (Å²) in [5, 5.41) is 17.7. The molecule has 0 aromatic rings. The monoisotopic (exact) mass is 177 g/mol. The second-order valence-electron chi connectivity index (χ2n) is 1.91. The van der Waals surface area contributed by atoms with E-state index in [0.717, 1.165) is 6.92 Å². The summed E-state index contributed by atoms with van der Waals surface area (Å²) in [7, 11) is 0. The van der Waals surface area contributed by atoms with Gasteiger partial charge in [-0.1, -0.05) is 0 Å². The first-order valence-corrected chi connectivity index (χ1v) is 2.88. The molecule has 0 bridgehead atoms. The molecule has 1 atom stereocenters. The molecule has 0 rings (SSSR count). The maximum Gasteiger partial charge on any atom is 0.429 e. The molecular weight excluding hydrogens is 170 g/mol. The van der Waals surface area contributed by atoms with Crippen molar-refractivity contribution < 1.29 is 29.6 Å². The normalized spacial score (nSPS) is 11.5. The molecule has 12 heavy (non-hydrogen) atoms. The van der Waals surface area contributed by atoms with Crippen LogP contribution in [0.2, 0.25) is 0 Å². The molecule has 0 aromatic carbocycles. The minimum Gasteiger partial charge on any atom is -0.480 e. The van der Waals surface area contributed by atoms with Gasteiger partial charge in [-0.15, -0.1) is 0 Å². The van der Waals surface area contributed by atoms with E-state index in [0.29, 0.717) is 0 Å². The van der Waals surface area contributed by atoms with Crippen molar-refractivity contribution in [3.63, 3.8) is 0 Å². The minimum absolute atomic E-state index is 1.16. The Morgan fingerprint density at radius 1 is 1.42 bits per heavy atom. The fourth-order valence-electron chi connectivity index (χ4n) is 0.359. The van der Waals surface area contributed by atoms with Gasteiger partial charge < -0.3 is 10.4 Å². The van der Waals surface area contributed by atoms with E-state index in [1.807, 2.05) is 0 Å². The fraction of sp³-hybridized carbons (Fsp3) is 0.400. The molecule has 0 saturated heterocycles. The third-order valence-electron chi connectivity index (χ3n) is 0.986. The van der Waals surface area contributed by atoms with Gasteiger partial charge >= 0.3 is 17.8 Å². The summed E-state index contributed by atoms with van der Waals surface area (Å²) in [6.45, 7) is 1.16. The Morgan fingerprint density at radius 2 is 1.92 bits per heavy atom. The van der Waals surface area contributed by atoms with Crippen molar-refractivity contribution in [3.05, 3.63) is 0 Å². The zero-order chi connectivity index (χ0) is 9.72. The van der Waals surface area contributed by atoms with E-state index in [4.69, 9.17) is 10.4 Å². The quantitative estimate of drug-likeness (QED) is 0.271. The number of amides is 1. The van der Waals surface area contributed by atoms with Gasteiger partial charge in [0, 0.05) is 0 Å². The predicted molar refractivity (Wildman–Crippen MR) is 34.0 cm³/mol. The van der Waals surface area contributed by atoms with Gasteiger partial charge in [0.2, 0.25) is 0 Å². The Labute approximate surface area is 66.9 Å². The lowest BCUT2D eigenvalue weighted by Crippen LogP contribution is -2.42. The molecule has 0 unspecified atom stereocenters. The lowest BCUT2D eigenvalue weighted by molar-refractivity contribution is -0.232. The first kappa shape index (κ1) is 10.4. The Kier molecular flexibility index (Phi) is 3.71. The first-order chi connectivity index (χ1) is 5.49. The number of hydrogen-bond donors (Lipinski definition) is 3. The number of carboxylic acid groups (broad SMARTS) is 1. The van der Waals surface area contributed by atoms with Crippen LogP contribution in [0, 0.1) is 0 Å². The van der Waals surface area contributed by atoms with Crippen molar-refractivity contribution in [2.45, 2.75) is 13.0 Å². The Morgan fingerprint density at radius 3 is 2.25 bits per heavy atom. The largest absolute Gasteiger partial charge is 0.480 e. The van der Waals surface area contributed by atoms with Gasteiger partial charge in [0.05, 0.1) is 0 Å². The standard InChI is InChI=1S/C5H7NO6/c1-2(4(8)9)6-3(7)5(10)12-11/h2,11H,1H3,(H,6,7)(H,8,9)/t2-/m0/s1. The Bertz CT molecular complexity index is 212.